The van der Waals surface area contributed by atoms with Gasteiger partial charge >= 0.3 is 0 Å². The second kappa shape index (κ2) is 8.21. The minimum absolute atomic E-state index is 0.199. The molecule has 108 valence electrons. The fourth-order valence-electron chi connectivity index (χ4n) is 2.01. The third-order valence-corrected chi connectivity index (χ3v) is 3.13. The van der Waals surface area contributed by atoms with Crippen molar-refractivity contribution in [3.8, 4) is 0 Å². The van der Waals surface area contributed by atoms with E-state index in [1.165, 1.54) is 36.9 Å². The summed E-state index contributed by atoms with van der Waals surface area (Å²) < 4.78 is 0. The molecule has 0 atom stereocenters. The lowest BCUT2D eigenvalue weighted by Crippen LogP contribution is -2.38. The molecular weight excluding hydrogens is 232 g/mol. The number of anilines is 1. The predicted molar refractivity (Wildman–Crippen MR) is 85.9 cm³/mol. The largest absolute Gasteiger partial charge is 0.384 e. The predicted octanol–water partition coefficient (Wildman–Crippen LogP) is 4.22. The minimum Gasteiger partial charge on any atom is -0.384 e. The van der Waals surface area contributed by atoms with Crippen LogP contribution < -0.4 is 10.6 Å². The van der Waals surface area contributed by atoms with Gasteiger partial charge in [-0.1, -0.05) is 31.9 Å². The van der Waals surface area contributed by atoms with Crippen LogP contribution in [0.1, 0.15) is 52.5 Å². The summed E-state index contributed by atoms with van der Waals surface area (Å²) in [5.74, 6) is 0. The molecule has 0 fully saturated rings. The Kier molecular flexibility index (Phi) is 6.93. The van der Waals surface area contributed by atoms with Crippen LogP contribution in [0.5, 0.6) is 0 Å². The Balaban J connectivity index is 2.24. The Morgan fingerprint density at radius 1 is 0.947 bits per heavy atom. The average Bonchev–Trinajstić information content (AvgIpc) is 2.36. The molecule has 1 rings (SSSR count). The number of nitrogens with one attached hydrogen (secondary N) is 2. The smallest absolute Gasteiger partial charge is 0.0340 e. The van der Waals surface area contributed by atoms with Crippen molar-refractivity contribution < 1.29 is 0 Å². The topological polar surface area (TPSA) is 24.1 Å². The van der Waals surface area contributed by atoms with Crippen molar-refractivity contribution in [2.75, 3.05) is 18.4 Å². The quantitative estimate of drug-likeness (QED) is 0.685. The van der Waals surface area contributed by atoms with Crippen LogP contribution in [0.15, 0.2) is 24.3 Å². The van der Waals surface area contributed by atoms with Crippen LogP contribution in [0.3, 0.4) is 0 Å². The molecule has 0 unspecified atom stereocenters. The van der Waals surface area contributed by atoms with Gasteiger partial charge in [-0.2, -0.15) is 0 Å². The van der Waals surface area contributed by atoms with Gasteiger partial charge in [-0.15, -0.1) is 0 Å². The summed E-state index contributed by atoms with van der Waals surface area (Å²) in [6, 6.07) is 8.88. The highest BCUT2D eigenvalue weighted by molar-refractivity contribution is 5.44. The van der Waals surface area contributed by atoms with Crippen molar-refractivity contribution >= 4 is 5.69 Å². The standard InChI is InChI=1S/C17H30N2/c1-5-6-7-8-15-9-11-16(12-10-15)18-13-14-19-17(2,3)4/h9-12,18-19H,5-8,13-14H2,1-4H3. The Labute approximate surface area is 119 Å². The molecule has 0 heterocycles. The van der Waals surface area contributed by atoms with Gasteiger partial charge in [0.2, 0.25) is 0 Å². The first kappa shape index (κ1) is 16.0. The van der Waals surface area contributed by atoms with E-state index in [-0.39, 0.29) is 5.54 Å². The summed E-state index contributed by atoms with van der Waals surface area (Å²) in [7, 11) is 0. The molecular formula is C17H30N2. The summed E-state index contributed by atoms with van der Waals surface area (Å²) in [6.07, 6.45) is 5.14. The lowest BCUT2D eigenvalue weighted by atomic mass is 10.1. The van der Waals surface area contributed by atoms with Crippen LogP contribution in [-0.4, -0.2) is 18.6 Å². The van der Waals surface area contributed by atoms with Gasteiger partial charge in [-0.3, -0.25) is 0 Å². The Morgan fingerprint density at radius 2 is 1.63 bits per heavy atom. The molecule has 0 amide bonds. The second-order valence-electron chi connectivity index (χ2n) is 6.26. The van der Waals surface area contributed by atoms with Crippen molar-refractivity contribution in [1.82, 2.24) is 5.32 Å². The van der Waals surface area contributed by atoms with Crippen LogP contribution in [-0.2, 0) is 6.42 Å². The Hall–Kier alpha value is -1.02. The van der Waals surface area contributed by atoms with Crippen LogP contribution in [0.25, 0.3) is 0 Å². The molecule has 1 aromatic rings. The molecule has 1 aromatic carbocycles. The Morgan fingerprint density at radius 3 is 2.21 bits per heavy atom. The van der Waals surface area contributed by atoms with Gasteiger partial charge in [0.1, 0.15) is 0 Å². The number of unbranched alkanes of at least 4 members (excludes halogenated alkanes) is 2. The van der Waals surface area contributed by atoms with Gasteiger partial charge in [0, 0.05) is 24.3 Å². The van der Waals surface area contributed by atoms with Crippen LogP contribution >= 0.6 is 0 Å². The van der Waals surface area contributed by atoms with Crippen LogP contribution in [0.4, 0.5) is 5.69 Å². The van der Waals surface area contributed by atoms with Gasteiger partial charge in [0.25, 0.3) is 0 Å². The lowest BCUT2D eigenvalue weighted by molar-refractivity contribution is 0.435. The second-order valence-corrected chi connectivity index (χ2v) is 6.26. The number of hydrogen-bond donors (Lipinski definition) is 2. The number of hydrogen-bond acceptors (Lipinski definition) is 2. The zero-order valence-electron chi connectivity index (χ0n) is 13.1. The fraction of sp³-hybridized carbons (Fsp3) is 0.647. The molecule has 0 saturated carbocycles. The molecule has 0 aromatic heterocycles. The summed E-state index contributed by atoms with van der Waals surface area (Å²) in [6.45, 7) is 10.8. The molecule has 2 heteroatoms. The molecule has 0 aliphatic carbocycles. The third-order valence-electron chi connectivity index (χ3n) is 3.13. The van der Waals surface area contributed by atoms with E-state index >= 15 is 0 Å². The first-order valence-corrected chi connectivity index (χ1v) is 7.59. The molecule has 19 heavy (non-hydrogen) atoms. The minimum atomic E-state index is 0.199. The molecule has 0 aliphatic heterocycles. The number of aryl methyl sites for hydroxylation is 1. The van der Waals surface area contributed by atoms with Crippen LogP contribution in [0, 0.1) is 0 Å². The third kappa shape index (κ3) is 7.89. The molecule has 0 saturated heterocycles. The van der Waals surface area contributed by atoms with E-state index in [2.05, 4.69) is 62.6 Å². The van der Waals surface area contributed by atoms with Crippen LogP contribution in [0.2, 0.25) is 0 Å². The Bertz CT molecular complexity index is 335. The molecule has 0 spiro atoms. The highest BCUT2D eigenvalue weighted by atomic mass is 15.0. The van der Waals surface area contributed by atoms with E-state index in [0.717, 1.165) is 13.1 Å². The highest BCUT2D eigenvalue weighted by Gasteiger charge is 2.06. The van der Waals surface area contributed by atoms with E-state index in [0.29, 0.717) is 0 Å². The fourth-order valence-corrected chi connectivity index (χ4v) is 2.01. The first-order valence-electron chi connectivity index (χ1n) is 7.59. The van der Waals surface area contributed by atoms with Gasteiger partial charge in [0.15, 0.2) is 0 Å². The first-order chi connectivity index (χ1) is 9.01. The van der Waals surface area contributed by atoms with E-state index in [9.17, 15) is 0 Å². The van der Waals surface area contributed by atoms with Crippen molar-refractivity contribution in [2.24, 2.45) is 0 Å². The monoisotopic (exact) mass is 262 g/mol. The summed E-state index contributed by atoms with van der Waals surface area (Å²) in [5.41, 5.74) is 2.87. The maximum Gasteiger partial charge on any atom is 0.0340 e. The van der Waals surface area contributed by atoms with E-state index in [4.69, 9.17) is 0 Å². The van der Waals surface area contributed by atoms with E-state index < -0.39 is 0 Å². The summed E-state index contributed by atoms with van der Waals surface area (Å²) in [4.78, 5) is 0. The number of rotatable bonds is 8. The lowest BCUT2D eigenvalue weighted by Gasteiger charge is -2.20. The van der Waals surface area contributed by atoms with Gasteiger partial charge in [0.05, 0.1) is 0 Å². The van der Waals surface area contributed by atoms with Gasteiger partial charge in [-0.25, -0.2) is 0 Å². The van der Waals surface area contributed by atoms with E-state index in [1.807, 2.05) is 0 Å². The summed E-state index contributed by atoms with van der Waals surface area (Å²) in [5, 5.41) is 6.92. The van der Waals surface area contributed by atoms with Crippen molar-refractivity contribution in [2.45, 2.75) is 58.9 Å². The van der Waals surface area contributed by atoms with Crippen molar-refractivity contribution in [3.63, 3.8) is 0 Å². The molecule has 2 nitrogen and oxygen atoms in total. The van der Waals surface area contributed by atoms with Crippen molar-refractivity contribution in [3.05, 3.63) is 29.8 Å². The maximum atomic E-state index is 3.48. The molecule has 0 bridgehead atoms. The average molecular weight is 262 g/mol. The highest BCUT2D eigenvalue weighted by Crippen LogP contribution is 2.12. The molecule has 2 N–H and O–H groups in total. The SMILES string of the molecule is CCCCCc1ccc(NCCNC(C)(C)C)cc1. The molecule has 0 radical (unpaired) electrons. The normalized spacial score (nSPS) is 11.6. The zero-order valence-corrected chi connectivity index (χ0v) is 13.1. The van der Waals surface area contributed by atoms with Crippen molar-refractivity contribution in [1.29, 1.82) is 0 Å². The number of benzene rings is 1. The maximum absolute atomic E-state index is 3.48. The zero-order chi connectivity index (χ0) is 14.1. The van der Waals surface area contributed by atoms with Gasteiger partial charge in [-0.05, 0) is 51.3 Å². The van der Waals surface area contributed by atoms with Gasteiger partial charge < -0.3 is 10.6 Å². The van der Waals surface area contributed by atoms with E-state index in [1.54, 1.807) is 0 Å². The molecule has 0 aliphatic rings. The summed E-state index contributed by atoms with van der Waals surface area (Å²) >= 11 is 0.